The lowest BCUT2D eigenvalue weighted by atomic mass is 10.0. The summed E-state index contributed by atoms with van der Waals surface area (Å²) in [6.45, 7) is 3.64. The van der Waals surface area contributed by atoms with Crippen LogP contribution in [0.15, 0.2) is 67.0 Å². The summed E-state index contributed by atoms with van der Waals surface area (Å²) in [7, 11) is 1.73. The first-order chi connectivity index (χ1) is 14.2. The molecule has 0 spiro atoms. The number of pyridine rings is 1. The predicted molar refractivity (Wildman–Crippen MR) is 119 cm³/mol. The summed E-state index contributed by atoms with van der Waals surface area (Å²) in [6.07, 6.45) is 4.86. The summed E-state index contributed by atoms with van der Waals surface area (Å²) in [4.78, 5) is 6.89. The minimum Gasteiger partial charge on any atom is -0.385 e. The van der Waals surface area contributed by atoms with Gasteiger partial charge in [0.25, 0.3) is 0 Å². The van der Waals surface area contributed by atoms with Crippen molar-refractivity contribution in [1.82, 2.24) is 19.8 Å². The SMILES string of the molecule is COCCCN1C(=S)N[C@H](c2ccccn2)[C@H]1c1cccn1-c1ccc(C)cc1. The van der Waals surface area contributed by atoms with E-state index in [4.69, 9.17) is 17.0 Å². The predicted octanol–water partition coefficient (Wildman–Crippen LogP) is 4.19. The molecule has 2 atom stereocenters. The highest BCUT2D eigenvalue weighted by atomic mass is 32.1. The Morgan fingerprint density at radius 1 is 1.10 bits per heavy atom. The summed E-state index contributed by atoms with van der Waals surface area (Å²) in [5.74, 6) is 0. The average molecular weight is 407 g/mol. The Kier molecular flexibility index (Phi) is 5.92. The Hall–Kier alpha value is -2.70. The van der Waals surface area contributed by atoms with Crippen molar-refractivity contribution in [2.75, 3.05) is 20.3 Å². The fourth-order valence-corrected chi connectivity index (χ4v) is 4.25. The molecule has 1 aliphatic heterocycles. The summed E-state index contributed by atoms with van der Waals surface area (Å²) in [5.41, 5.74) is 4.57. The van der Waals surface area contributed by atoms with Crippen LogP contribution in [0.2, 0.25) is 0 Å². The lowest BCUT2D eigenvalue weighted by molar-refractivity contribution is 0.180. The molecule has 1 saturated heterocycles. The van der Waals surface area contributed by atoms with Crippen LogP contribution < -0.4 is 5.32 Å². The standard InChI is InChI=1S/C23H26N4OS/c1-17-9-11-18(12-10-17)26-14-5-8-20(26)22-21(19-7-3-4-13-24-19)25-23(29)27(22)15-6-16-28-2/h3-5,7-14,21-22H,6,15-16H2,1-2H3,(H,25,29)/t21-,22-/m1/s1. The van der Waals surface area contributed by atoms with E-state index in [1.165, 1.54) is 11.3 Å². The number of benzene rings is 1. The molecule has 1 aromatic carbocycles. The van der Waals surface area contributed by atoms with Crippen molar-refractivity contribution in [2.24, 2.45) is 0 Å². The largest absolute Gasteiger partial charge is 0.385 e. The fourth-order valence-electron chi connectivity index (χ4n) is 3.92. The second-order valence-corrected chi connectivity index (χ2v) is 7.69. The maximum atomic E-state index is 5.73. The molecule has 1 fully saturated rings. The lowest BCUT2D eigenvalue weighted by Crippen LogP contribution is -2.32. The molecule has 150 valence electrons. The summed E-state index contributed by atoms with van der Waals surface area (Å²) in [5, 5.41) is 4.28. The van der Waals surface area contributed by atoms with E-state index in [9.17, 15) is 0 Å². The normalized spacial score (nSPS) is 18.8. The average Bonchev–Trinajstić information content (AvgIpc) is 3.34. The van der Waals surface area contributed by atoms with Crippen LogP contribution in [0.1, 0.15) is 35.5 Å². The molecule has 0 aliphatic carbocycles. The third kappa shape index (κ3) is 4.04. The maximum absolute atomic E-state index is 5.73. The van der Waals surface area contributed by atoms with Crippen LogP contribution in [0.5, 0.6) is 0 Å². The topological polar surface area (TPSA) is 42.3 Å². The van der Waals surface area contributed by atoms with Gasteiger partial charge in [0.2, 0.25) is 0 Å². The van der Waals surface area contributed by atoms with Crippen molar-refractivity contribution in [3.8, 4) is 5.69 Å². The molecular weight excluding hydrogens is 380 g/mol. The number of hydrogen-bond donors (Lipinski definition) is 1. The van der Waals surface area contributed by atoms with Gasteiger partial charge in [-0.1, -0.05) is 23.8 Å². The summed E-state index contributed by atoms with van der Waals surface area (Å²) >= 11 is 5.73. The van der Waals surface area contributed by atoms with E-state index in [1.54, 1.807) is 7.11 Å². The van der Waals surface area contributed by atoms with E-state index in [0.717, 1.165) is 29.5 Å². The van der Waals surface area contributed by atoms with Crippen molar-refractivity contribution >= 4 is 17.3 Å². The third-order valence-electron chi connectivity index (χ3n) is 5.34. The molecule has 0 unspecified atom stereocenters. The number of thiocarbonyl (C=S) groups is 1. The summed E-state index contributed by atoms with van der Waals surface area (Å²) in [6, 6.07) is 18.9. The molecule has 3 heterocycles. The second-order valence-electron chi connectivity index (χ2n) is 7.30. The number of nitrogens with one attached hydrogen (secondary N) is 1. The van der Waals surface area contributed by atoms with Gasteiger partial charge in [-0.3, -0.25) is 4.98 Å². The molecule has 3 aromatic rings. The van der Waals surface area contributed by atoms with Crippen LogP contribution in [-0.4, -0.2) is 39.8 Å². The molecule has 6 heteroatoms. The van der Waals surface area contributed by atoms with Crippen molar-refractivity contribution in [2.45, 2.75) is 25.4 Å². The van der Waals surface area contributed by atoms with E-state index < -0.39 is 0 Å². The molecule has 1 aliphatic rings. The zero-order valence-electron chi connectivity index (χ0n) is 16.8. The van der Waals surface area contributed by atoms with Gasteiger partial charge in [-0.2, -0.15) is 0 Å². The van der Waals surface area contributed by atoms with Crippen molar-refractivity contribution in [3.05, 3.63) is 83.9 Å². The number of methoxy groups -OCH3 is 1. The highest BCUT2D eigenvalue weighted by Crippen LogP contribution is 2.39. The maximum Gasteiger partial charge on any atom is 0.170 e. The highest BCUT2D eigenvalue weighted by Gasteiger charge is 2.40. The minimum atomic E-state index is -0.00894. The Morgan fingerprint density at radius 3 is 2.66 bits per heavy atom. The van der Waals surface area contributed by atoms with Crippen LogP contribution in [-0.2, 0) is 4.74 Å². The zero-order valence-corrected chi connectivity index (χ0v) is 17.6. The number of aryl methyl sites for hydroxylation is 1. The van der Waals surface area contributed by atoms with E-state index in [-0.39, 0.29) is 12.1 Å². The quantitative estimate of drug-likeness (QED) is 0.471. The lowest BCUT2D eigenvalue weighted by Gasteiger charge is -2.29. The smallest absolute Gasteiger partial charge is 0.170 e. The van der Waals surface area contributed by atoms with Gasteiger partial charge in [0.1, 0.15) is 0 Å². The molecule has 0 bridgehead atoms. The van der Waals surface area contributed by atoms with Crippen LogP contribution in [0.3, 0.4) is 0 Å². The Bertz CT molecular complexity index is 955. The first-order valence-electron chi connectivity index (χ1n) is 9.90. The fraction of sp³-hybridized carbons (Fsp3) is 0.304. The van der Waals surface area contributed by atoms with Gasteiger partial charge < -0.3 is 19.5 Å². The van der Waals surface area contributed by atoms with Crippen molar-refractivity contribution < 1.29 is 4.74 Å². The number of aromatic nitrogens is 2. The first-order valence-corrected chi connectivity index (χ1v) is 10.3. The molecule has 1 N–H and O–H groups in total. The monoisotopic (exact) mass is 406 g/mol. The van der Waals surface area contributed by atoms with Crippen molar-refractivity contribution in [1.29, 1.82) is 0 Å². The first kappa shape index (κ1) is 19.6. The van der Waals surface area contributed by atoms with Gasteiger partial charge in [-0.25, -0.2) is 0 Å². The molecule has 2 aromatic heterocycles. The molecule has 0 saturated carbocycles. The molecule has 29 heavy (non-hydrogen) atoms. The second kappa shape index (κ2) is 8.76. The van der Waals surface area contributed by atoms with E-state index in [1.807, 2.05) is 18.3 Å². The third-order valence-corrected chi connectivity index (χ3v) is 5.69. The summed E-state index contributed by atoms with van der Waals surface area (Å²) < 4.78 is 7.52. The zero-order chi connectivity index (χ0) is 20.2. The molecular formula is C23H26N4OS. The minimum absolute atomic E-state index is 0.00894. The van der Waals surface area contributed by atoms with Gasteiger partial charge in [0, 0.05) is 44.0 Å². The van der Waals surface area contributed by atoms with Gasteiger partial charge in [-0.15, -0.1) is 0 Å². The van der Waals surface area contributed by atoms with E-state index in [0.29, 0.717) is 6.61 Å². The van der Waals surface area contributed by atoms with Crippen LogP contribution >= 0.6 is 12.2 Å². The van der Waals surface area contributed by atoms with Gasteiger partial charge in [0.15, 0.2) is 5.11 Å². The Balaban J connectivity index is 1.75. The molecule has 5 nitrogen and oxygen atoms in total. The Morgan fingerprint density at radius 2 is 1.93 bits per heavy atom. The number of hydrogen-bond acceptors (Lipinski definition) is 3. The number of ether oxygens (including phenoxy) is 1. The van der Waals surface area contributed by atoms with Crippen molar-refractivity contribution in [3.63, 3.8) is 0 Å². The highest BCUT2D eigenvalue weighted by molar-refractivity contribution is 7.80. The number of rotatable bonds is 7. The Labute approximate surface area is 177 Å². The van der Waals surface area contributed by atoms with Gasteiger partial charge in [0.05, 0.1) is 17.8 Å². The van der Waals surface area contributed by atoms with Crippen LogP contribution in [0.4, 0.5) is 0 Å². The molecule has 4 rings (SSSR count). The van der Waals surface area contributed by atoms with E-state index in [2.05, 4.69) is 75.4 Å². The molecule has 0 radical (unpaired) electrons. The van der Waals surface area contributed by atoms with Gasteiger partial charge >= 0.3 is 0 Å². The van der Waals surface area contributed by atoms with Crippen LogP contribution in [0.25, 0.3) is 5.69 Å². The van der Waals surface area contributed by atoms with Crippen LogP contribution in [0, 0.1) is 6.92 Å². The van der Waals surface area contributed by atoms with E-state index >= 15 is 0 Å². The number of nitrogens with zero attached hydrogens (tertiary/aromatic N) is 3. The van der Waals surface area contributed by atoms with Gasteiger partial charge in [-0.05, 0) is 62.0 Å². The molecule has 0 amide bonds.